The third kappa shape index (κ3) is 4.30. The summed E-state index contributed by atoms with van der Waals surface area (Å²) in [5, 5.41) is 0. The molecule has 0 aromatic heterocycles. The topological polar surface area (TPSA) is 46.3 Å². The van der Waals surface area contributed by atoms with E-state index in [0.717, 1.165) is 36.6 Å². The van der Waals surface area contributed by atoms with E-state index in [1.807, 2.05) is 29.2 Å². The average molecular weight is 290 g/mol. The van der Waals surface area contributed by atoms with Crippen LogP contribution in [0.25, 0.3) is 0 Å². The van der Waals surface area contributed by atoms with Crippen LogP contribution in [0, 0.1) is 5.92 Å². The van der Waals surface area contributed by atoms with Crippen molar-refractivity contribution in [2.24, 2.45) is 11.7 Å². The lowest BCUT2D eigenvalue weighted by Crippen LogP contribution is -2.34. The molecule has 0 atom stereocenters. The van der Waals surface area contributed by atoms with Crippen LogP contribution in [-0.4, -0.2) is 28.9 Å². The Morgan fingerprint density at radius 2 is 2.00 bits per heavy atom. The second kappa shape index (κ2) is 6.84. The molecule has 1 aromatic carbocycles. The number of rotatable bonds is 7. The van der Waals surface area contributed by atoms with E-state index in [1.165, 1.54) is 12.8 Å². The molecule has 20 heavy (non-hydrogen) atoms. The van der Waals surface area contributed by atoms with Crippen LogP contribution >= 0.6 is 12.2 Å². The minimum absolute atomic E-state index is 0.224. The van der Waals surface area contributed by atoms with Gasteiger partial charge in [-0.3, -0.25) is 4.79 Å². The van der Waals surface area contributed by atoms with Crippen LogP contribution in [0.5, 0.6) is 0 Å². The van der Waals surface area contributed by atoms with E-state index in [-0.39, 0.29) is 5.91 Å². The lowest BCUT2D eigenvalue weighted by Gasteiger charge is -2.22. The van der Waals surface area contributed by atoms with Crippen LogP contribution in [0.3, 0.4) is 0 Å². The van der Waals surface area contributed by atoms with Crippen LogP contribution in [-0.2, 0) is 11.2 Å². The molecule has 1 amide bonds. The highest BCUT2D eigenvalue weighted by atomic mass is 32.1. The summed E-state index contributed by atoms with van der Waals surface area (Å²) < 4.78 is 0. The van der Waals surface area contributed by atoms with Gasteiger partial charge < -0.3 is 10.6 Å². The molecular weight excluding hydrogens is 268 g/mol. The molecule has 0 aliphatic heterocycles. The fraction of sp³-hybridized carbons (Fsp3) is 0.500. The van der Waals surface area contributed by atoms with Gasteiger partial charge in [0.1, 0.15) is 4.99 Å². The van der Waals surface area contributed by atoms with Gasteiger partial charge in [0.05, 0.1) is 6.42 Å². The molecule has 0 saturated heterocycles. The van der Waals surface area contributed by atoms with E-state index >= 15 is 0 Å². The van der Waals surface area contributed by atoms with Crippen molar-refractivity contribution >= 4 is 23.1 Å². The third-order valence-electron chi connectivity index (χ3n) is 3.62. The van der Waals surface area contributed by atoms with Crippen LogP contribution in [0.1, 0.15) is 37.3 Å². The second-order valence-corrected chi connectivity index (χ2v) is 5.96. The highest BCUT2D eigenvalue weighted by Crippen LogP contribution is 2.29. The predicted molar refractivity (Wildman–Crippen MR) is 85.6 cm³/mol. The van der Waals surface area contributed by atoms with Crippen molar-refractivity contribution in [3.63, 3.8) is 0 Å². The lowest BCUT2D eigenvalue weighted by molar-refractivity contribution is -0.130. The zero-order chi connectivity index (χ0) is 14.5. The first-order valence-corrected chi connectivity index (χ1v) is 7.67. The molecular formula is C16H22N2OS. The first-order chi connectivity index (χ1) is 9.60. The van der Waals surface area contributed by atoms with Gasteiger partial charge >= 0.3 is 0 Å². The summed E-state index contributed by atoms with van der Waals surface area (Å²) in [6.07, 6.45) is 4.02. The quantitative estimate of drug-likeness (QED) is 0.785. The number of nitrogens with two attached hydrogens (primary N) is 1. The van der Waals surface area contributed by atoms with E-state index < -0.39 is 0 Å². The van der Waals surface area contributed by atoms with Gasteiger partial charge in [-0.05, 0) is 30.7 Å². The SMILES string of the molecule is CCCN(CC1CC1)C(=O)Cc1ccc(C(N)=S)cc1. The zero-order valence-corrected chi connectivity index (χ0v) is 12.8. The summed E-state index contributed by atoms with van der Waals surface area (Å²) in [5.74, 6) is 0.962. The van der Waals surface area contributed by atoms with E-state index in [2.05, 4.69) is 6.92 Å². The van der Waals surface area contributed by atoms with Crippen molar-refractivity contribution in [2.75, 3.05) is 13.1 Å². The number of benzene rings is 1. The van der Waals surface area contributed by atoms with Crippen LogP contribution in [0.15, 0.2) is 24.3 Å². The molecule has 0 heterocycles. The van der Waals surface area contributed by atoms with Gasteiger partial charge in [-0.15, -0.1) is 0 Å². The highest BCUT2D eigenvalue weighted by Gasteiger charge is 2.26. The number of hydrogen-bond donors (Lipinski definition) is 1. The fourth-order valence-electron chi connectivity index (χ4n) is 2.27. The molecule has 1 fully saturated rings. The second-order valence-electron chi connectivity index (χ2n) is 5.52. The van der Waals surface area contributed by atoms with Crippen molar-refractivity contribution in [1.82, 2.24) is 4.90 Å². The molecule has 0 unspecified atom stereocenters. The molecule has 0 radical (unpaired) electrons. The Labute approximate surface area is 126 Å². The first kappa shape index (κ1) is 15.0. The molecule has 3 nitrogen and oxygen atoms in total. The van der Waals surface area contributed by atoms with Crippen molar-refractivity contribution in [2.45, 2.75) is 32.6 Å². The van der Waals surface area contributed by atoms with E-state index in [4.69, 9.17) is 18.0 Å². The number of carbonyl (C=O) groups excluding carboxylic acids is 1. The Kier molecular flexibility index (Phi) is 5.12. The number of nitrogens with zero attached hydrogens (tertiary/aromatic N) is 1. The smallest absolute Gasteiger partial charge is 0.226 e. The number of thiocarbonyl (C=S) groups is 1. The summed E-state index contributed by atoms with van der Waals surface area (Å²) in [7, 11) is 0. The normalized spacial score (nSPS) is 14.1. The summed E-state index contributed by atoms with van der Waals surface area (Å²) in [6.45, 7) is 3.90. The third-order valence-corrected chi connectivity index (χ3v) is 3.85. The summed E-state index contributed by atoms with van der Waals surface area (Å²) >= 11 is 4.93. The molecule has 1 saturated carbocycles. The first-order valence-electron chi connectivity index (χ1n) is 7.26. The Hall–Kier alpha value is -1.42. The van der Waals surface area contributed by atoms with E-state index in [0.29, 0.717) is 11.4 Å². The monoisotopic (exact) mass is 290 g/mol. The lowest BCUT2D eigenvalue weighted by atomic mass is 10.1. The molecule has 1 aliphatic rings. The molecule has 1 aliphatic carbocycles. The maximum atomic E-state index is 12.4. The van der Waals surface area contributed by atoms with Gasteiger partial charge in [0.2, 0.25) is 5.91 Å². The van der Waals surface area contributed by atoms with Crippen molar-refractivity contribution in [1.29, 1.82) is 0 Å². The molecule has 2 N–H and O–H groups in total. The standard InChI is InChI=1S/C16H22N2OS/c1-2-9-18(11-13-3-4-13)15(19)10-12-5-7-14(8-6-12)16(17)20/h5-8,13H,2-4,9-11H2,1H3,(H2,17,20). The van der Waals surface area contributed by atoms with Gasteiger partial charge in [0.15, 0.2) is 0 Å². The molecule has 1 aromatic rings. The van der Waals surface area contributed by atoms with Crippen LogP contribution < -0.4 is 5.73 Å². The Bertz CT molecular complexity index is 480. The molecule has 0 spiro atoms. The molecule has 4 heteroatoms. The van der Waals surface area contributed by atoms with Gasteiger partial charge in [-0.1, -0.05) is 43.4 Å². The van der Waals surface area contributed by atoms with E-state index in [9.17, 15) is 4.79 Å². The molecule has 0 bridgehead atoms. The Balaban J connectivity index is 1.95. The van der Waals surface area contributed by atoms with Gasteiger partial charge in [0.25, 0.3) is 0 Å². The van der Waals surface area contributed by atoms with Gasteiger partial charge in [0, 0.05) is 18.7 Å². The zero-order valence-electron chi connectivity index (χ0n) is 12.0. The largest absolute Gasteiger partial charge is 0.389 e. The maximum absolute atomic E-state index is 12.4. The number of hydrogen-bond acceptors (Lipinski definition) is 2. The summed E-state index contributed by atoms with van der Waals surface area (Å²) in [4.78, 5) is 14.8. The van der Waals surface area contributed by atoms with Crippen molar-refractivity contribution < 1.29 is 4.79 Å². The molecule has 108 valence electrons. The summed E-state index contributed by atoms with van der Waals surface area (Å²) in [5.41, 5.74) is 7.44. The van der Waals surface area contributed by atoms with Crippen LogP contribution in [0.2, 0.25) is 0 Å². The highest BCUT2D eigenvalue weighted by molar-refractivity contribution is 7.80. The predicted octanol–water partition coefficient (Wildman–Crippen LogP) is 2.51. The number of carbonyl (C=O) groups is 1. The average Bonchev–Trinajstić information content (AvgIpc) is 3.23. The van der Waals surface area contributed by atoms with Crippen LogP contribution in [0.4, 0.5) is 0 Å². The minimum atomic E-state index is 0.224. The van der Waals surface area contributed by atoms with Gasteiger partial charge in [-0.2, -0.15) is 0 Å². The Morgan fingerprint density at radius 1 is 1.35 bits per heavy atom. The fourth-order valence-corrected chi connectivity index (χ4v) is 2.41. The molecule has 2 rings (SSSR count). The number of amides is 1. The van der Waals surface area contributed by atoms with E-state index in [1.54, 1.807) is 0 Å². The van der Waals surface area contributed by atoms with Gasteiger partial charge in [-0.25, -0.2) is 0 Å². The minimum Gasteiger partial charge on any atom is -0.389 e. The van der Waals surface area contributed by atoms with Crippen molar-refractivity contribution in [3.8, 4) is 0 Å². The maximum Gasteiger partial charge on any atom is 0.226 e. The van der Waals surface area contributed by atoms with Crippen molar-refractivity contribution in [3.05, 3.63) is 35.4 Å². The summed E-state index contributed by atoms with van der Waals surface area (Å²) in [6, 6.07) is 7.65. The Morgan fingerprint density at radius 3 is 2.50 bits per heavy atom.